The molecule has 3 rings (SSSR count). The number of aryl methyl sites for hydroxylation is 1. The van der Waals surface area contributed by atoms with Gasteiger partial charge in [-0.15, -0.1) is 0 Å². The molecule has 0 aliphatic rings. The smallest absolute Gasteiger partial charge is 0.142 e. The molecule has 3 N–H and O–H groups in total. The summed E-state index contributed by atoms with van der Waals surface area (Å²) < 4.78 is 1.80. The Balaban J connectivity index is 2.25. The Bertz CT molecular complexity index is 740. The summed E-state index contributed by atoms with van der Waals surface area (Å²) in [5, 5.41) is 4.80. The number of nitrogens with one attached hydrogen (secondary N) is 1. The van der Waals surface area contributed by atoms with Crippen LogP contribution in [0.15, 0.2) is 18.3 Å². The molecule has 0 unspecified atom stereocenters. The van der Waals surface area contributed by atoms with Crippen molar-refractivity contribution >= 4 is 28.3 Å². The number of nitrogens with zero attached hydrogens (tertiary/aromatic N) is 3. The Labute approximate surface area is 109 Å². The van der Waals surface area contributed by atoms with Gasteiger partial charge in [-0.2, -0.15) is 5.10 Å². The Morgan fingerprint density at radius 3 is 2.83 bits per heavy atom. The number of benzene rings is 1. The van der Waals surface area contributed by atoms with E-state index >= 15 is 0 Å². The van der Waals surface area contributed by atoms with Crippen LogP contribution in [0.3, 0.4) is 0 Å². The Morgan fingerprint density at radius 2 is 2.17 bits per heavy atom. The maximum absolute atomic E-state index is 5.97. The van der Waals surface area contributed by atoms with Crippen LogP contribution in [0.5, 0.6) is 0 Å². The lowest BCUT2D eigenvalue weighted by Crippen LogP contribution is -1.92. The van der Waals surface area contributed by atoms with Crippen LogP contribution in [0.4, 0.5) is 5.69 Å². The number of hydrogen-bond acceptors (Lipinski definition) is 3. The largest absolute Gasteiger partial charge is 0.397 e. The molecule has 6 heteroatoms. The number of nitrogens with two attached hydrogens (primary N) is 1. The monoisotopic (exact) mass is 261 g/mol. The van der Waals surface area contributed by atoms with Crippen molar-refractivity contribution in [3.8, 4) is 11.4 Å². The van der Waals surface area contributed by atoms with E-state index in [1.165, 1.54) is 0 Å². The number of imidazole rings is 1. The molecule has 3 aromatic rings. The normalized spacial score (nSPS) is 11.3. The van der Waals surface area contributed by atoms with Gasteiger partial charge in [-0.3, -0.25) is 4.68 Å². The van der Waals surface area contributed by atoms with Crippen molar-refractivity contribution < 1.29 is 0 Å². The molecule has 0 aliphatic carbocycles. The van der Waals surface area contributed by atoms with Crippen LogP contribution in [-0.2, 0) is 7.05 Å². The lowest BCUT2D eigenvalue weighted by Gasteiger charge is -1.95. The zero-order valence-electron chi connectivity index (χ0n) is 10.0. The summed E-state index contributed by atoms with van der Waals surface area (Å²) in [4.78, 5) is 7.72. The first-order valence-electron chi connectivity index (χ1n) is 5.50. The third kappa shape index (κ3) is 1.55. The molecule has 18 heavy (non-hydrogen) atoms. The van der Waals surface area contributed by atoms with Crippen LogP contribution in [0, 0.1) is 6.92 Å². The van der Waals surface area contributed by atoms with E-state index in [1.807, 2.05) is 20.0 Å². The van der Waals surface area contributed by atoms with Gasteiger partial charge < -0.3 is 10.7 Å². The van der Waals surface area contributed by atoms with E-state index in [0.717, 1.165) is 28.1 Å². The topological polar surface area (TPSA) is 72.5 Å². The van der Waals surface area contributed by atoms with E-state index in [9.17, 15) is 0 Å². The minimum absolute atomic E-state index is 0.571. The van der Waals surface area contributed by atoms with Gasteiger partial charge in [0.05, 0.1) is 23.0 Å². The Hall–Kier alpha value is -2.01. The van der Waals surface area contributed by atoms with Gasteiger partial charge in [-0.1, -0.05) is 11.6 Å². The van der Waals surface area contributed by atoms with E-state index in [0.29, 0.717) is 10.7 Å². The van der Waals surface area contributed by atoms with Crippen molar-refractivity contribution in [2.24, 2.45) is 7.05 Å². The molecule has 0 atom stereocenters. The van der Waals surface area contributed by atoms with Gasteiger partial charge in [-0.25, -0.2) is 4.98 Å². The van der Waals surface area contributed by atoms with Gasteiger partial charge in [0.15, 0.2) is 0 Å². The fraction of sp³-hybridized carbons (Fsp3) is 0.167. The fourth-order valence-electron chi connectivity index (χ4n) is 1.97. The van der Waals surface area contributed by atoms with E-state index in [4.69, 9.17) is 17.3 Å². The predicted molar refractivity (Wildman–Crippen MR) is 72.5 cm³/mol. The third-order valence-electron chi connectivity index (χ3n) is 3.07. The number of fused-ring (bicyclic) bond motifs is 1. The van der Waals surface area contributed by atoms with Crippen LogP contribution >= 0.6 is 11.6 Å². The van der Waals surface area contributed by atoms with Crippen molar-refractivity contribution in [3.05, 3.63) is 29.0 Å². The molecule has 0 bridgehead atoms. The third-order valence-corrected chi connectivity index (χ3v) is 3.29. The predicted octanol–water partition coefficient (Wildman–Crippen LogP) is 2.51. The first kappa shape index (κ1) is 11.1. The van der Waals surface area contributed by atoms with Crippen molar-refractivity contribution in [2.75, 3.05) is 5.73 Å². The summed E-state index contributed by atoms with van der Waals surface area (Å²) in [7, 11) is 1.90. The molecule has 1 aromatic carbocycles. The molecule has 0 saturated heterocycles. The van der Waals surface area contributed by atoms with Gasteiger partial charge in [-0.05, 0) is 19.1 Å². The van der Waals surface area contributed by atoms with Crippen LogP contribution in [0.1, 0.15) is 5.69 Å². The number of halogens is 1. The van der Waals surface area contributed by atoms with E-state index in [1.54, 1.807) is 16.9 Å². The highest BCUT2D eigenvalue weighted by Crippen LogP contribution is 2.28. The fourth-order valence-corrected chi connectivity index (χ4v) is 2.19. The molecular formula is C12H12ClN5. The number of aromatic amines is 1. The second kappa shape index (κ2) is 3.74. The van der Waals surface area contributed by atoms with Gasteiger partial charge in [0.1, 0.15) is 11.3 Å². The molecular weight excluding hydrogens is 250 g/mol. The number of hydrogen-bond donors (Lipinski definition) is 2. The molecule has 0 saturated carbocycles. The maximum Gasteiger partial charge on any atom is 0.142 e. The molecule has 0 amide bonds. The van der Waals surface area contributed by atoms with Crippen molar-refractivity contribution in [2.45, 2.75) is 6.92 Å². The lowest BCUT2D eigenvalue weighted by molar-refractivity contribution is 0.740. The zero-order chi connectivity index (χ0) is 12.9. The SMILES string of the molecule is Cc1c(-c2nc3c(N)cc(Cl)cc3[nH]2)cnn1C. The molecule has 0 fully saturated rings. The van der Waals surface area contributed by atoms with Crippen LogP contribution in [0.25, 0.3) is 22.4 Å². The maximum atomic E-state index is 5.97. The number of anilines is 1. The highest BCUT2D eigenvalue weighted by Gasteiger charge is 2.12. The Morgan fingerprint density at radius 1 is 1.39 bits per heavy atom. The number of aromatic nitrogens is 4. The minimum atomic E-state index is 0.571. The molecule has 0 radical (unpaired) electrons. The van der Waals surface area contributed by atoms with E-state index in [2.05, 4.69) is 15.1 Å². The van der Waals surface area contributed by atoms with Crippen LogP contribution < -0.4 is 5.73 Å². The molecule has 0 spiro atoms. The summed E-state index contributed by atoms with van der Waals surface area (Å²) in [5.74, 6) is 0.754. The van der Waals surface area contributed by atoms with Crippen molar-refractivity contribution in [3.63, 3.8) is 0 Å². The second-order valence-electron chi connectivity index (χ2n) is 4.24. The summed E-state index contributed by atoms with van der Waals surface area (Å²) in [6, 6.07) is 3.51. The average Bonchev–Trinajstić information content (AvgIpc) is 2.84. The number of H-pyrrole nitrogens is 1. The standard InChI is InChI=1S/C12H12ClN5/c1-6-8(5-15-18(6)2)12-16-10-4-7(13)3-9(14)11(10)17-12/h3-5H,14H2,1-2H3,(H,16,17). The van der Waals surface area contributed by atoms with Gasteiger partial charge in [0.25, 0.3) is 0 Å². The van der Waals surface area contributed by atoms with E-state index in [-0.39, 0.29) is 0 Å². The van der Waals surface area contributed by atoms with Crippen LogP contribution in [-0.4, -0.2) is 19.7 Å². The minimum Gasteiger partial charge on any atom is -0.397 e. The van der Waals surface area contributed by atoms with Crippen molar-refractivity contribution in [1.82, 2.24) is 19.7 Å². The van der Waals surface area contributed by atoms with Gasteiger partial charge >= 0.3 is 0 Å². The van der Waals surface area contributed by atoms with Gasteiger partial charge in [0.2, 0.25) is 0 Å². The molecule has 2 aromatic heterocycles. The summed E-state index contributed by atoms with van der Waals surface area (Å²) >= 11 is 5.97. The second-order valence-corrected chi connectivity index (χ2v) is 4.68. The van der Waals surface area contributed by atoms with E-state index < -0.39 is 0 Å². The zero-order valence-corrected chi connectivity index (χ0v) is 10.8. The molecule has 0 aliphatic heterocycles. The van der Waals surface area contributed by atoms with Crippen LogP contribution in [0.2, 0.25) is 5.02 Å². The molecule has 2 heterocycles. The number of nitrogen functional groups attached to an aromatic ring is 1. The molecule has 92 valence electrons. The van der Waals surface area contributed by atoms with Gasteiger partial charge in [0, 0.05) is 17.8 Å². The summed E-state index contributed by atoms with van der Waals surface area (Å²) in [5.41, 5.74) is 10.0. The molecule has 5 nitrogen and oxygen atoms in total. The summed E-state index contributed by atoms with van der Waals surface area (Å²) in [6.45, 7) is 1.99. The first-order chi connectivity index (χ1) is 8.56. The average molecular weight is 262 g/mol. The number of rotatable bonds is 1. The quantitative estimate of drug-likeness (QED) is 0.661. The summed E-state index contributed by atoms with van der Waals surface area (Å²) in [6.07, 6.45) is 1.78. The highest BCUT2D eigenvalue weighted by atomic mass is 35.5. The highest BCUT2D eigenvalue weighted by molar-refractivity contribution is 6.31. The van der Waals surface area contributed by atoms with Crippen molar-refractivity contribution in [1.29, 1.82) is 0 Å². The Kier molecular flexibility index (Phi) is 2.31. The lowest BCUT2D eigenvalue weighted by atomic mass is 10.2. The first-order valence-corrected chi connectivity index (χ1v) is 5.88.